The highest BCUT2D eigenvalue weighted by Gasteiger charge is 2.30. The molecule has 6 nitrogen and oxygen atoms in total. The summed E-state index contributed by atoms with van der Waals surface area (Å²) in [5, 5.41) is 13.5. The monoisotopic (exact) mass is 275 g/mol. The maximum Gasteiger partial charge on any atom is 0.270 e. The SMILES string of the molecule is NCC(NC(=O)C=Cc1cccc([N+](=O)[O-])c1)C1CC1. The predicted molar refractivity (Wildman–Crippen MR) is 75.8 cm³/mol. The van der Waals surface area contributed by atoms with Gasteiger partial charge in [-0.2, -0.15) is 0 Å². The van der Waals surface area contributed by atoms with Gasteiger partial charge in [0.2, 0.25) is 5.91 Å². The van der Waals surface area contributed by atoms with Crippen molar-refractivity contribution in [3.8, 4) is 0 Å². The molecule has 20 heavy (non-hydrogen) atoms. The van der Waals surface area contributed by atoms with Gasteiger partial charge in [-0.05, 0) is 30.4 Å². The molecule has 0 heterocycles. The Kier molecular flexibility index (Phi) is 4.47. The molecule has 1 aromatic rings. The Labute approximate surface area is 116 Å². The largest absolute Gasteiger partial charge is 0.348 e. The zero-order valence-corrected chi connectivity index (χ0v) is 11.0. The van der Waals surface area contributed by atoms with E-state index in [1.807, 2.05) is 0 Å². The van der Waals surface area contributed by atoms with Gasteiger partial charge < -0.3 is 11.1 Å². The van der Waals surface area contributed by atoms with Crippen LogP contribution in [0.5, 0.6) is 0 Å². The summed E-state index contributed by atoms with van der Waals surface area (Å²) in [4.78, 5) is 21.9. The number of amides is 1. The van der Waals surface area contributed by atoms with E-state index in [9.17, 15) is 14.9 Å². The molecular weight excluding hydrogens is 258 g/mol. The fraction of sp³-hybridized carbons (Fsp3) is 0.357. The second kappa shape index (κ2) is 6.29. The zero-order chi connectivity index (χ0) is 14.5. The molecule has 0 bridgehead atoms. The standard InChI is InChI=1S/C14H17N3O3/c15-9-13(11-5-6-11)16-14(18)7-4-10-2-1-3-12(8-10)17(19)20/h1-4,7-8,11,13H,5-6,9,15H2,(H,16,18). The average molecular weight is 275 g/mol. The van der Waals surface area contributed by atoms with Gasteiger partial charge in [0.25, 0.3) is 5.69 Å². The van der Waals surface area contributed by atoms with E-state index in [0.717, 1.165) is 12.8 Å². The van der Waals surface area contributed by atoms with Crippen molar-refractivity contribution in [2.45, 2.75) is 18.9 Å². The van der Waals surface area contributed by atoms with Crippen molar-refractivity contribution in [3.05, 3.63) is 46.0 Å². The predicted octanol–water partition coefficient (Wildman–Crippen LogP) is 1.46. The first-order chi connectivity index (χ1) is 9.60. The molecule has 0 spiro atoms. The highest BCUT2D eigenvalue weighted by atomic mass is 16.6. The van der Waals surface area contributed by atoms with Gasteiger partial charge in [0.05, 0.1) is 4.92 Å². The highest BCUT2D eigenvalue weighted by Crippen LogP contribution is 2.32. The van der Waals surface area contributed by atoms with Crippen molar-refractivity contribution in [2.75, 3.05) is 6.54 Å². The van der Waals surface area contributed by atoms with Gasteiger partial charge in [0, 0.05) is 30.8 Å². The number of nitro groups is 1. The lowest BCUT2D eigenvalue weighted by Crippen LogP contribution is -2.40. The third-order valence-corrected chi connectivity index (χ3v) is 3.28. The van der Waals surface area contributed by atoms with Crippen LogP contribution in [0.3, 0.4) is 0 Å². The van der Waals surface area contributed by atoms with Crippen LogP contribution in [-0.2, 0) is 4.79 Å². The lowest BCUT2D eigenvalue weighted by atomic mass is 10.1. The Hall–Kier alpha value is -2.21. The number of hydrogen-bond acceptors (Lipinski definition) is 4. The second-order valence-electron chi connectivity index (χ2n) is 4.87. The van der Waals surface area contributed by atoms with Crippen LogP contribution in [0.1, 0.15) is 18.4 Å². The Balaban J connectivity index is 1.96. The molecule has 0 radical (unpaired) electrons. The van der Waals surface area contributed by atoms with Crippen LogP contribution in [0.25, 0.3) is 6.08 Å². The third-order valence-electron chi connectivity index (χ3n) is 3.28. The molecule has 1 fully saturated rings. The fourth-order valence-corrected chi connectivity index (χ4v) is 2.01. The minimum atomic E-state index is -0.463. The van der Waals surface area contributed by atoms with Crippen LogP contribution in [-0.4, -0.2) is 23.4 Å². The average Bonchev–Trinajstić information content (AvgIpc) is 3.27. The van der Waals surface area contributed by atoms with Crippen molar-refractivity contribution in [2.24, 2.45) is 11.7 Å². The normalized spacial score (nSPS) is 16.1. The van der Waals surface area contributed by atoms with E-state index in [4.69, 9.17) is 5.73 Å². The first kappa shape index (κ1) is 14.2. The highest BCUT2D eigenvalue weighted by molar-refractivity contribution is 5.92. The van der Waals surface area contributed by atoms with Crippen LogP contribution in [0.2, 0.25) is 0 Å². The number of carbonyl (C=O) groups excluding carboxylic acids is 1. The summed E-state index contributed by atoms with van der Waals surface area (Å²) in [6.07, 6.45) is 5.15. The van der Waals surface area contributed by atoms with Crippen LogP contribution in [0, 0.1) is 16.0 Å². The smallest absolute Gasteiger partial charge is 0.270 e. The summed E-state index contributed by atoms with van der Waals surface area (Å²) in [6.45, 7) is 0.432. The fourth-order valence-electron chi connectivity index (χ4n) is 2.01. The minimum Gasteiger partial charge on any atom is -0.348 e. The van der Waals surface area contributed by atoms with E-state index in [1.165, 1.54) is 18.2 Å². The van der Waals surface area contributed by atoms with Gasteiger partial charge in [0.15, 0.2) is 0 Å². The maximum absolute atomic E-state index is 11.7. The number of non-ortho nitro benzene ring substituents is 1. The second-order valence-corrected chi connectivity index (χ2v) is 4.87. The van der Waals surface area contributed by atoms with Gasteiger partial charge in [-0.3, -0.25) is 14.9 Å². The summed E-state index contributed by atoms with van der Waals surface area (Å²) >= 11 is 0. The molecule has 0 aliphatic heterocycles. The molecule has 3 N–H and O–H groups in total. The number of nitrogens with one attached hydrogen (secondary N) is 1. The molecule has 1 amide bonds. The Morgan fingerprint density at radius 1 is 1.55 bits per heavy atom. The number of carbonyl (C=O) groups is 1. The van der Waals surface area contributed by atoms with Gasteiger partial charge in [0.1, 0.15) is 0 Å². The van der Waals surface area contributed by atoms with E-state index >= 15 is 0 Å². The number of rotatable bonds is 6. The first-order valence-corrected chi connectivity index (χ1v) is 6.53. The Bertz CT molecular complexity index is 538. The van der Waals surface area contributed by atoms with Crippen LogP contribution < -0.4 is 11.1 Å². The number of benzene rings is 1. The molecule has 106 valence electrons. The molecule has 6 heteroatoms. The zero-order valence-electron chi connectivity index (χ0n) is 11.0. The number of nitrogens with zero attached hydrogens (tertiary/aromatic N) is 1. The molecule has 1 aliphatic rings. The summed E-state index contributed by atoms with van der Waals surface area (Å²) in [6, 6.07) is 6.15. The molecule has 1 aromatic carbocycles. The van der Waals surface area contributed by atoms with Gasteiger partial charge >= 0.3 is 0 Å². The van der Waals surface area contributed by atoms with Gasteiger partial charge in [-0.1, -0.05) is 12.1 Å². The first-order valence-electron chi connectivity index (χ1n) is 6.53. The summed E-state index contributed by atoms with van der Waals surface area (Å²) in [5.74, 6) is 0.272. The van der Waals surface area contributed by atoms with Crippen molar-refractivity contribution >= 4 is 17.7 Å². The van der Waals surface area contributed by atoms with E-state index in [0.29, 0.717) is 18.0 Å². The molecule has 0 saturated heterocycles. The molecule has 2 rings (SSSR count). The van der Waals surface area contributed by atoms with E-state index < -0.39 is 4.92 Å². The van der Waals surface area contributed by atoms with Gasteiger partial charge in [-0.15, -0.1) is 0 Å². The van der Waals surface area contributed by atoms with Crippen molar-refractivity contribution in [1.29, 1.82) is 0 Å². The Morgan fingerprint density at radius 2 is 2.30 bits per heavy atom. The van der Waals surface area contributed by atoms with E-state index in [1.54, 1.807) is 18.2 Å². The van der Waals surface area contributed by atoms with Gasteiger partial charge in [-0.25, -0.2) is 0 Å². The number of nitrogens with two attached hydrogens (primary N) is 1. The third kappa shape index (κ3) is 3.89. The minimum absolute atomic E-state index is 0.00498. The van der Waals surface area contributed by atoms with Crippen molar-refractivity contribution in [3.63, 3.8) is 0 Å². The topological polar surface area (TPSA) is 98.3 Å². The molecule has 1 saturated carbocycles. The van der Waals surface area contributed by atoms with E-state index in [2.05, 4.69) is 5.32 Å². The molecule has 1 aliphatic carbocycles. The molecule has 1 atom stereocenters. The molecule has 1 unspecified atom stereocenters. The van der Waals surface area contributed by atoms with Crippen molar-refractivity contribution < 1.29 is 9.72 Å². The lowest BCUT2D eigenvalue weighted by molar-refractivity contribution is -0.384. The summed E-state index contributed by atoms with van der Waals surface area (Å²) in [5.41, 5.74) is 6.23. The van der Waals surface area contributed by atoms with Crippen LogP contribution in [0.4, 0.5) is 5.69 Å². The van der Waals surface area contributed by atoms with E-state index in [-0.39, 0.29) is 17.6 Å². The molecular formula is C14H17N3O3. The quantitative estimate of drug-likeness (QED) is 0.466. The van der Waals surface area contributed by atoms with Crippen molar-refractivity contribution in [1.82, 2.24) is 5.32 Å². The summed E-state index contributed by atoms with van der Waals surface area (Å²) < 4.78 is 0. The maximum atomic E-state index is 11.7. The van der Waals surface area contributed by atoms with Crippen LogP contribution >= 0.6 is 0 Å². The summed E-state index contributed by atoms with van der Waals surface area (Å²) in [7, 11) is 0. The Morgan fingerprint density at radius 3 is 2.90 bits per heavy atom. The van der Waals surface area contributed by atoms with Crippen LogP contribution in [0.15, 0.2) is 30.3 Å². The number of nitro benzene ring substituents is 1. The molecule has 0 aromatic heterocycles. The lowest BCUT2D eigenvalue weighted by Gasteiger charge is -2.14. The number of hydrogen-bond donors (Lipinski definition) is 2.